The van der Waals surface area contributed by atoms with Crippen molar-refractivity contribution in [3.05, 3.63) is 34.9 Å². The van der Waals surface area contributed by atoms with Gasteiger partial charge in [0.1, 0.15) is 0 Å². The first kappa shape index (κ1) is 16.6. The first-order valence-corrected chi connectivity index (χ1v) is 8.04. The highest BCUT2D eigenvalue weighted by Gasteiger charge is 2.22. The molecule has 0 aliphatic heterocycles. The van der Waals surface area contributed by atoms with Gasteiger partial charge in [-0.3, -0.25) is 4.79 Å². The molecule has 0 aromatic heterocycles. The summed E-state index contributed by atoms with van der Waals surface area (Å²) < 4.78 is 0. The fourth-order valence-electron chi connectivity index (χ4n) is 2.89. The molecule has 1 aliphatic carbocycles. The first-order valence-electron chi connectivity index (χ1n) is 7.66. The number of nitrogens with two attached hydrogens (primary N) is 1. The monoisotopic (exact) mass is 323 g/mol. The Labute approximate surface area is 135 Å². The normalized spacial score (nSPS) is 16.8. The minimum absolute atomic E-state index is 0.0921. The SMILES string of the molecule is NC(=O)N[C@H](CC(=O)NC1CCCCC1)c1ccccc1Cl. The molecule has 6 heteroatoms. The van der Waals surface area contributed by atoms with E-state index in [9.17, 15) is 9.59 Å². The highest BCUT2D eigenvalue weighted by Crippen LogP contribution is 2.25. The Morgan fingerprint density at radius 3 is 2.55 bits per heavy atom. The smallest absolute Gasteiger partial charge is 0.312 e. The molecule has 0 bridgehead atoms. The van der Waals surface area contributed by atoms with Gasteiger partial charge in [-0.05, 0) is 24.5 Å². The van der Waals surface area contributed by atoms with E-state index >= 15 is 0 Å². The second-order valence-corrected chi connectivity index (χ2v) is 6.10. The lowest BCUT2D eigenvalue weighted by atomic mass is 9.95. The van der Waals surface area contributed by atoms with Crippen molar-refractivity contribution in [1.82, 2.24) is 10.6 Å². The first-order chi connectivity index (χ1) is 10.6. The average Bonchev–Trinajstić information content (AvgIpc) is 2.47. The van der Waals surface area contributed by atoms with Crippen LogP contribution in [-0.2, 0) is 4.79 Å². The lowest BCUT2D eigenvalue weighted by molar-refractivity contribution is -0.122. The van der Waals surface area contributed by atoms with Crippen LogP contribution >= 0.6 is 11.6 Å². The maximum absolute atomic E-state index is 12.2. The van der Waals surface area contributed by atoms with Crippen molar-refractivity contribution in [3.63, 3.8) is 0 Å². The number of carbonyl (C=O) groups excluding carboxylic acids is 2. The molecule has 3 amide bonds. The van der Waals surface area contributed by atoms with Crippen LogP contribution in [0.4, 0.5) is 4.79 Å². The number of carbonyl (C=O) groups is 2. The Kier molecular flexibility index (Phi) is 6.07. The van der Waals surface area contributed by atoms with E-state index in [1.54, 1.807) is 18.2 Å². The van der Waals surface area contributed by atoms with Crippen molar-refractivity contribution in [1.29, 1.82) is 0 Å². The van der Waals surface area contributed by atoms with Gasteiger partial charge in [0.2, 0.25) is 5.91 Å². The predicted octanol–water partition coefficient (Wildman–Crippen LogP) is 2.89. The standard InChI is InChI=1S/C16H22ClN3O2/c17-13-9-5-4-8-12(13)14(20-16(18)22)10-15(21)19-11-6-2-1-3-7-11/h4-5,8-9,11,14H,1-3,6-7,10H2,(H,19,21)(H3,18,20,22)/t14-/m1/s1. The number of urea groups is 1. The fourth-order valence-corrected chi connectivity index (χ4v) is 3.15. The summed E-state index contributed by atoms with van der Waals surface area (Å²) in [5, 5.41) is 6.14. The Balaban J connectivity index is 2.01. The molecular formula is C16H22ClN3O2. The van der Waals surface area contributed by atoms with E-state index in [4.69, 9.17) is 17.3 Å². The maximum atomic E-state index is 12.2. The molecule has 1 fully saturated rings. The number of primary amides is 1. The molecule has 120 valence electrons. The molecule has 0 unspecified atom stereocenters. The van der Waals surface area contributed by atoms with Crippen molar-refractivity contribution >= 4 is 23.5 Å². The summed E-state index contributed by atoms with van der Waals surface area (Å²) in [4.78, 5) is 23.4. The van der Waals surface area contributed by atoms with E-state index < -0.39 is 12.1 Å². The molecule has 0 saturated heterocycles. The van der Waals surface area contributed by atoms with Crippen LogP contribution in [0.3, 0.4) is 0 Å². The number of nitrogens with one attached hydrogen (secondary N) is 2. The third-order valence-electron chi connectivity index (χ3n) is 3.96. The quantitative estimate of drug-likeness (QED) is 0.778. The van der Waals surface area contributed by atoms with Gasteiger partial charge in [-0.1, -0.05) is 49.1 Å². The van der Waals surface area contributed by atoms with Crippen LogP contribution in [0, 0.1) is 0 Å². The highest BCUT2D eigenvalue weighted by atomic mass is 35.5. The molecule has 1 saturated carbocycles. The van der Waals surface area contributed by atoms with Crippen LogP contribution in [0.2, 0.25) is 5.02 Å². The summed E-state index contributed by atoms with van der Waals surface area (Å²) in [7, 11) is 0. The van der Waals surface area contributed by atoms with E-state index in [-0.39, 0.29) is 18.4 Å². The molecule has 1 aliphatic rings. The number of halogens is 1. The molecule has 1 aromatic carbocycles. The molecule has 0 heterocycles. The molecule has 5 nitrogen and oxygen atoms in total. The van der Waals surface area contributed by atoms with Crippen LogP contribution in [0.5, 0.6) is 0 Å². The van der Waals surface area contributed by atoms with Crippen LogP contribution in [-0.4, -0.2) is 18.0 Å². The number of rotatable bonds is 5. The van der Waals surface area contributed by atoms with Gasteiger partial charge in [-0.2, -0.15) is 0 Å². The van der Waals surface area contributed by atoms with Gasteiger partial charge in [-0.15, -0.1) is 0 Å². The summed E-state index contributed by atoms with van der Waals surface area (Å²) in [6, 6.07) is 6.18. The minimum Gasteiger partial charge on any atom is -0.353 e. The third kappa shape index (κ3) is 4.91. The second-order valence-electron chi connectivity index (χ2n) is 5.69. The lowest BCUT2D eigenvalue weighted by Gasteiger charge is -2.24. The van der Waals surface area contributed by atoms with E-state index in [1.807, 2.05) is 6.07 Å². The summed E-state index contributed by atoms with van der Waals surface area (Å²) >= 11 is 6.15. The van der Waals surface area contributed by atoms with Gasteiger partial charge in [0, 0.05) is 11.1 Å². The summed E-state index contributed by atoms with van der Waals surface area (Å²) in [6.07, 6.45) is 5.70. The van der Waals surface area contributed by atoms with Gasteiger partial charge < -0.3 is 16.4 Å². The lowest BCUT2D eigenvalue weighted by Crippen LogP contribution is -2.40. The molecule has 4 N–H and O–H groups in total. The van der Waals surface area contributed by atoms with Gasteiger partial charge in [0.05, 0.1) is 12.5 Å². The van der Waals surface area contributed by atoms with Crippen LogP contribution in [0.25, 0.3) is 0 Å². The van der Waals surface area contributed by atoms with Gasteiger partial charge in [0.15, 0.2) is 0 Å². The van der Waals surface area contributed by atoms with Crippen molar-refractivity contribution in [2.24, 2.45) is 5.73 Å². The fraction of sp³-hybridized carbons (Fsp3) is 0.500. The van der Waals surface area contributed by atoms with Gasteiger partial charge >= 0.3 is 6.03 Å². The molecule has 22 heavy (non-hydrogen) atoms. The summed E-state index contributed by atoms with van der Waals surface area (Å²) in [5.41, 5.74) is 5.91. The molecule has 1 atom stereocenters. The van der Waals surface area contributed by atoms with Crippen molar-refractivity contribution < 1.29 is 9.59 Å². The zero-order chi connectivity index (χ0) is 15.9. The highest BCUT2D eigenvalue weighted by molar-refractivity contribution is 6.31. The molecule has 0 radical (unpaired) electrons. The van der Waals surface area contributed by atoms with Crippen LogP contribution in [0.1, 0.15) is 50.1 Å². The Bertz CT molecular complexity index is 530. The second kappa shape index (κ2) is 8.03. The van der Waals surface area contributed by atoms with Crippen LogP contribution < -0.4 is 16.4 Å². The zero-order valence-corrected chi connectivity index (χ0v) is 13.2. The Morgan fingerprint density at radius 1 is 1.23 bits per heavy atom. The summed E-state index contributed by atoms with van der Waals surface area (Å²) in [5.74, 6) is -0.0921. The van der Waals surface area contributed by atoms with E-state index in [2.05, 4.69) is 10.6 Å². The van der Waals surface area contributed by atoms with E-state index in [0.29, 0.717) is 10.6 Å². The third-order valence-corrected chi connectivity index (χ3v) is 4.30. The topological polar surface area (TPSA) is 84.2 Å². The van der Waals surface area contributed by atoms with Crippen molar-refractivity contribution in [2.45, 2.75) is 50.6 Å². The zero-order valence-electron chi connectivity index (χ0n) is 12.5. The van der Waals surface area contributed by atoms with Gasteiger partial charge in [0.25, 0.3) is 0 Å². The number of amides is 3. The van der Waals surface area contributed by atoms with E-state index in [0.717, 1.165) is 25.7 Å². The predicted molar refractivity (Wildman–Crippen MR) is 86.5 cm³/mol. The molecule has 2 rings (SSSR count). The largest absolute Gasteiger partial charge is 0.353 e. The molecule has 0 spiro atoms. The summed E-state index contributed by atoms with van der Waals surface area (Å²) in [6.45, 7) is 0. The number of hydrogen-bond acceptors (Lipinski definition) is 2. The molecule has 1 aromatic rings. The Hall–Kier alpha value is -1.75. The van der Waals surface area contributed by atoms with Crippen LogP contribution in [0.15, 0.2) is 24.3 Å². The van der Waals surface area contributed by atoms with Crippen molar-refractivity contribution in [3.8, 4) is 0 Å². The minimum atomic E-state index is -0.671. The molecular weight excluding hydrogens is 302 g/mol. The van der Waals surface area contributed by atoms with E-state index in [1.165, 1.54) is 6.42 Å². The number of hydrogen-bond donors (Lipinski definition) is 3. The average molecular weight is 324 g/mol. The maximum Gasteiger partial charge on any atom is 0.312 e. The van der Waals surface area contributed by atoms with Gasteiger partial charge in [-0.25, -0.2) is 4.79 Å². The Morgan fingerprint density at radius 2 is 1.91 bits per heavy atom. The number of benzene rings is 1. The van der Waals surface area contributed by atoms with Crippen molar-refractivity contribution in [2.75, 3.05) is 0 Å².